The molecule has 3 nitrogen and oxygen atoms in total. The number of piperazine rings is 1. The van der Waals surface area contributed by atoms with Crippen molar-refractivity contribution in [1.82, 2.24) is 9.80 Å². The molecule has 0 bridgehead atoms. The van der Waals surface area contributed by atoms with Gasteiger partial charge in [-0.25, -0.2) is 0 Å². The van der Waals surface area contributed by atoms with Gasteiger partial charge in [-0.2, -0.15) is 0 Å². The van der Waals surface area contributed by atoms with E-state index < -0.39 is 0 Å². The van der Waals surface area contributed by atoms with Crippen molar-refractivity contribution in [2.75, 3.05) is 32.7 Å². The third kappa shape index (κ3) is 5.36. The Morgan fingerprint density at radius 3 is 2.29 bits per heavy atom. The number of hydrogen-bond donors (Lipinski definition) is 1. The summed E-state index contributed by atoms with van der Waals surface area (Å²) in [5.41, 5.74) is 6.16. The Kier molecular flexibility index (Phi) is 7.09. The van der Waals surface area contributed by atoms with Crippen molar-refractivity contribution < 1.29 is 0 Å². The maximum Gasteiger partial charge on any atom is 0.0167 e. The van der Waals surface area contributed by atoms with E-state index in [1.54, 1.807) is 0 Å². The van der Waals surface area contributed by atoms with Crippen LogP contribution in [0.3, 0.4) is 0 Å². The average molecular weight is 241 g/mol. The van der Waals surface area contributed by atoms with E-state index in [1.807, 2.05) is 0 Å². The summed E-state index contributed by atoms with van der Waals surface area (Å²) < 4.78 is 0. The molecule has 1 aliphatic rings. The first kappa shape index (κ1) is 14.9. The Morgan fingerprint density at radius 1 is 1.12 bits per heavy atom. The highest BCUT2D eigenvalue weighted by Gasteiger charge is 2.20. The Morgan fingerprint density at radius 2 is 1.76 bits per heavy atom. The van der Waals surface area contributed by atoms with Gasteiger partial charge in [0.05, 0.1) is 0 Å². The van der Waals surface area contributed by atoms with Crippen molar-refractivity contribution in [2.24, 2.45) is 5.73 Å². The SMILES string of the molecule is CCCCC(N)CN1CCN(C(C)CC)CC1. The Labute approximate surface area is 107 Å². The molecule has 102 valence electrons. The molecule has 0 spiro atoms. The second-order valence-corrected chi connectivity index (χ2v) is 5.50. The normalized spacial score (nSPS) is 22.6. The van der Waals surface area contributed by atoms with Crippen molar-refractivity contribution in [1.29, 1.82) is 0 Å². The molecular weight excluding hydrogens is 210 g/mol. The van der Waals surface area contributed by atoms with Crippen LogP contribution in [0.2, 0.25) is 0 Å². The van der Waals surface area contributed by atoms with Crippen LogP contribution in [-0.4, -0.2) is 54.6 Å². The minimum atomic E-state index is 0.380. The lowest BCUT2D eigenvalue weighted by Crippen LogP contribution is -2.51. The molecule has 0 saturated carbocycles. The standard InChI is InChI=1S/C14H31N3/c1-4-6-7-14(15)12-16-8-10-17(11-9-16)13(3)5-2/h13-14H,4-12,15H2,1-3H3. The Hall–Kier alpha value is -0.120. The zero-order valence-corrected chi connectivity index (χ0v) is 12.0. The summed E-state index contributed by atoms with van der Waals surface area (Å²) in [5, 5.41) is 0. The molecule has 17 heavy (non-hydrogen) atoms. The molecule has 0 aliphatic carbocycles. The van der Waals surface area contributed by atoms with Gasteiger partial charge in [0.2, 0.25) is 0 Å². The molecule has 0 radical (unpaired) electrons. The summed E-state index contributed by atoms with van der Waals surface area (Å²) in [4.78, 5) is 5.15. The van der Waals surface area contributed by atoms with Crippen LogP contribution in [0.4, 0.5) is 0 Å². The van der Waals surface area contributed by atoms with Gasteiger partial charge >= 0.3 is 0 Å². The van der Waals surface area contributed by atoms with Crippen molar-refractivity contribution in [3.8, 4) is 0 Å². The van der Waals surface area contributed by atoms with Crippen LogP contribution >= 0.6 is 0 Å². The van der Waals surface area contributed by atoms with Crippen LogP contribution in [0.5, 0.6) is 0 Å². The highest BCUT2D eigenvalue weighted by atomic mass is 15.3. The molecule has 0 aromatic rings. The van der Waals surface area contributed by atoms with Crippen molar-refractivity contribution in [3.05, 3.63) is 0 Å². The number of rotatable bonds is 7. The van der Waals surface area contributed by atoms with Gasteiger partial charge in [-0.1, -0.05) is 26.7 Å². The highest BCUT2D eigenvalue weighted by molar-refractivity contribution is 4.78. The molecule has 0 aromatic heterocycles. The van der Waals surface area contributed by atoms with E-state index in [2.05, 4.69) is 30.6 Å². The number of unbranched alkanes of at least 4 members (excludes halogenated alkanes) is 1. The van der Waals surface area contributed by atoms with E-state index in [-0.39, 0.29) is 0 Å². The van der Waals surface area contributed by atoms with Gasteiger partial charge < -0.3 is 5.73 Å². The maximum absolute atomic E-state index is 6.16. The second-order valence-electron chi connectivity index (χ2n) is 5.50. The van der Waals surface area contributed by atoms with E-state index in [0.29, 0.717) is 6.04 Å². The van der Waals surface area contributed by atoms with Crippen LogP contribution in [0.25, 0.3) is 0 Å². The van der Waals surface area contributed by atoms with Crippen molar-refractivity contribution in [3.63, 3.8) is 0 Å². The third-order valence-corrected chi connectivity index (χ3v) is 4.04. The van der Waals surface area contributed by atoms with E-state index in [0.717, 1.165) is 12.6 Å². The molecule has 1 saturated heterocycles. The molecule has 3 heteroatoms. The first-order valence-electron chi connectivity index (χ1n) is 7.39. The smallest absolute Gasteiger partial charge is 0.0167 e. The van der Waals surface area contributed by atoms with Crippen molar-refractivity contribution in [2.45, 2.75) is 58.5 Å². The van der Waals surface area contributed by atoms with E-state index >= 15 is 0 Å². The first-order chi connectivity index (χ1) is 8.17. The van der Waals surface area contributed by atoms with E-state index in [9.17, 15) is 0 Å². The molecule has 1 fully saturated rings. The largest absolute Gasteiger partial charge is 0.327 e. The van der Waals surface area contributed by atoms with Crippen LogP contribution in [0.15, 0.2) is 0 Å². The van der Waals surface area contributed by atoms with Gasteiger partial charge in [-0.3, -0.25) is 9.80 Å². The summed E-state index contributed by atoms with van der Waals surface area (Å²) in [5.74, 6) is 0. The van der Waals surface area contributed by atoms with Gasteiger partial charge in [-0.05, 0) is 19.8 Å². The van der Waals surface area contributed by atoms with Gasteiger partial charge in [0, 0.05) is 44.8 Å². The van der Waals surface area contributed by atoms with Crippen LogP contribution < -0.4 is 5.73 Å². The van der Waals surface area contributed by atoms with Gasteiger partial charge in [0.1, 0.15) is 0 Å². The van der Waals surface area contributed by atoms with E-state index in [4.69, 9.17) is 5.73 Å². The third-order valence-electron chi connectivity index (χ3n) is 4.04. The molecule has 0 amide bonds. The Balaban J connectivity index is 2.18. The fourth-order valence-electron chi connectivity index (χ4n) is 2.53. The molecule has 2 N–H and O–H groups in total. The molecular formula is C14H31N3. The summed E-state index contributed by atoms with van der Waals surface area (Å²) in [6.45, 7) is 12.8. The predicted molar refractivity (Wildman–Crippen MR) is 75.3 cm³/mol. The fourth-order valence-corrected chi connectivity index (χ4v) is 2.53. The van der Waals surface area contributed by atoms with Crippen LogP contribution in [0.1, 0.15) is 46.5 Å². The lowest BCUT2D eigenvalue weighted by atomic mass is 10.1. The zero-order valence-electron chi connectivity index (χ0n) is 12.0. The zero-order chi connectivity index (χ0) is 12.7. The number of nitrogens with two attached hydrogens (primary N) is 1. The lowest BCUT2D eigenvalue weighted by Gasteiger charge is -2.38. The lowest BCUT2D eigenvalue weighted by molar-refractivity contribution is 0.0960. The summed E-state index contributed by atoms with van der Waals surface area (Å²) in [6, 6.07) is 1.12. The van der Waals surface area contributed by atoms with E-state index in [1.165, 1.54) is 51.9 Å². The summed E-state index contributed by atoms with van der Waals surface area (Å²) in [6.07, 6.45) is 4.97. The van der Waals surface area contributed by atoms with Gasteiger partial charge in [0.25, 0.3) is 0 Å². The molecule has 1 rings (SSSR count). The molecule has 2 unspecified atom stereocenters. The maximum atomic E-state index is 6.16. The highest BCUT2D eigenvalue weighted by Crippen LogP contribution is 2.09. The van der Waals surface area contributed by atoms with Crippen molar-refractivity contribution >= 4 is 0 Å². The van der Waals surface area contributed by atoms with Gasteiger partial charge in [-0.15, -0.1) is 0 Å². The molecule has 2 atom stereocenters. The number of hydrogen-bond acceptors (Lipinski definition) is 3. The minimum Gasteiger partial charge on any atom is -0.327 e. The summed E-state index contributed by atoms with van der Waals surface area (Å²) >= 11 is 0. The molecule has 1 aliphatic heterocycles. The molecule has 1 heterocycles. The summed E-state index contributed by atoms with van der Waals surface area (Å²) in [7, 11) is 0. The minimum absolute atomic E-state index is 0.380. The average Bonchev–Trinajstić information content (AvgIpc) is 2.36. The van der Waals surface area contributed by atoms with Crippen LogP contribution in [-0.2, 0) is 0 Å². The second kappa shape index (κ2) is 8.06. The number of nitrogens with zero attached hydrogens (tertiary/aromatic N) is 2. The Bertz CT molecular complexity index is 188. The quantitative estimate of drug-likeness (QED) is 0.739. The van der Waals surface area contributed by atoms with Gasteiger partial charge in [0.15, 0.2) is 0 Å². The fraction of sp³-hybridized carbons (Fsp3) is 1.00. The predicted octanol–water partition coefficient (Wildman–Crippen LogP) is 1.92. The topological polar surface area (TPSA) is 32.5 Å². The van der Waals surface area contributed by atoms with Crippen LogP contribution in [0, 0.1) is 0 Å². The monoisotopic (exact) mass is 241 g/mol. The first-order valence-corrected chi connectivity index (χ1v) is 7.39. The molecule has 0 aromatic carbocycles.